The zero-order valence-electron chi connectivity index (χ0n) is 21.1. The van der Waals surface area contributed by atoms with Crippen molar-refractivity contribution in [3.63, 3.8) is 0 Å². The average molecular weight is 518 g/mol. The number of carbonyl (C=O) groups is 2. The highest BCUT2D eigenvalue weighted by Crippen LogP contribution is 2.31. The zero-order valence-corrected chi connectivity index (χ0v) is 21.9. The molecule has 8 heteroatoms. The molecule has 192 valence electrons. The second kappa shape index (κ2) is 13.0. The van der Waals surface area contributed by atoms with Gasteiger partial charge >= 0.3 is 0 Å². The lowest BCUT2D eigenvalue weighted by molar-refractivity contribution is -0.129. The molecule has 1 saturated heterocycles. The topological polar surface area (TPSA) is 80.2 Å². The Morgan fingerprint density at radius 1 is 1.03 bits per heavy atom. The van der Waals surface area contributed by atoms with E-state index in [0.717, 1.165) is 24.3 Å². The van der Waals surface area contributed by atoms with Gasteiger partial charge in [0.15, 0.2) is 5.17 Å². The van der Waals surface area contributed by atoms with Crippen LogP contribution in [0.5, 0.6) is 11.5 Å². The number of anilines is 1. The molecule has 37 heavy (non-hydrogen) atoms. The Morgan fingerprint density at radius 2 is 1.73 bits per heavy atom. The van der Waals surface area contributed by atoms with E-state index in [9.17, 15) is 9.59 Å². The molecule has 3 aromatic rings. The van der Waals surface area contributed by atoms with Gasteiger partial charge in [0.05, 0.1) is 19.4 Å². The van der Waals surface area contributed by atoms with Crippen LogP contribution in [0.15, 0.2) is 83.9 Å². The average Bonchev–Trinajstić information content (AvgIpc) is 2.92. The molecular weight excluding hydrogens is 486 g/mol. The van der Waals surface area contributed by atoms with E-state index >= 15 is 0 Å². The summed E-state index contributed by atoms with van der Waals surface area (Å²) in [5, 5.41) is 2.87. The summed E-state index contributed by atoms with van der Waals surface area (Å²) in [6.07, 6.45) is 1.76. The summed E-state index contributed by atoms with van der Waals surface area (Å²) < 4.78 is 10.7. The first-order chi connectivity index (χ1) is 18.1. The standard InChI is InChI=1S/C29H31N3O4S/c1-3-36-25-17-13-22(14-18-25)30-28(34)26-20-27(33)32(19-7-10-21-8-5-4-6-9-21)29(37-26)31-23-11-15-24(35-2)16-12-23/h4-6,8-9,11-18,26H,3,7,10,19-20H2,1-2H3,(H,30,34). The van der Waals surface area contributed by atoms with E-state index in [0.29, 0.717) is 29.7 Å². The quantitative estimate of drug-likeness (QED) is 0.374. The number of benzene rings is 3. The predicted molar refractivity (Wildman–Crippen MR) is 149 cm³/mol. The number of rotatable bonds is 10. The Bertz CT molecular complexity index is 1210. The maximum atomic E-state index is 13.2. The minimum Gasteiger partial charge on any atom is -0.497 e. The number of ether oxygens (including phenoxy) is 2. The van der Waals surface area contributed by atoms with Gasteiger partial charge in [0.25, 0.3) is 0 Å². The third-order valence-corrected chi connectivity index (χ3v) is 7.04. The molecule has 0 saturated carbocycles. The van der Waals surface area contributed by atoms with Crippen LogP contribution in [-0.4, -0.2) is 47.4 Å². The molecule has 4 rings (SSSR count). The first-order valence-electron chi connectivity index (χ1n) is 12.3. The van der Waals surface area contributed by atoms with Crippen LogP contribution in [0, 0.1) is 0 Å². The number of methoxy groups -OCH3 is 1. The Hall–Kier alpha value is -3.78. The molecule has 0 aromatic heterocycles. The maximum Gasteiger partial charge on any atom is 0.238 e. The number of aryl methyl sites for hydroxylation is 1. The van der Waals surface area contributed by atoms with Crippen LogP contribution in [0.4, 0.5) is 11.4 Å². The minimum absolute atomic E-state index is 0.106. The lowest BCUT2D eigenvalue weighted by Gasteiger charge is -2.32. The molecular formula is C29H31N3O4S. The predicted octanol–water partition coefficient (Wildman–Crippen LogP) is 5.69. The number of amidine groups is 1. The normalized spacial score (nSPS) is 16.5. The van der Waals surface area contributed by atoms with Crippen molar-refractivity contribution in [1.29, 1.82) is 0 Å². The molecule has 1 aliphatic rings. The van der Waals surface area contributed by atoms with Gasteiger partial charge in [-0.05, 0) is 73.9 Å². The molecule has 0 radical (unpaired) electrons. The first-order valence-corrected chi connectivity index (χ1v) is 13.2. The SMILES string of the molecule is CCOc1ccc(NC(=O)C2CC(=O)N(CCCc3ccccc3)C(=Nc3ccc(OC)cc3)S2)cc1. The highest BCUT2D eigenvalue weighted by atomic mass is 32.2. The first kappa shape index (κ1) is 26.3. The number of nitrogens with zero attached hydrogens (tertiary/aromatic N) is 2. The minimum atomic E-state index is -0.582. The second-order valence-electron chi connectivity index (χ2n) is 8.48. The molecule has 1 aliphatic heterocycles. The zero-order chi connectivity index (χ0) is 26.0. The molecule has 1 heterocycles. The number of aliphatic imine (C=N–C) groups is 1. The van der Waals surface area contributed by atoms with E-state index in [-0.39, 0.29) is 18.2 Å². The van der Waals surface area contributed by atoms with Crippen LogP contribution in [0.25, 0.3) is 0 Å². The monoisotopic (exact) mass is 517 g/mol. The van der Waals surface area contributed by atoms with Crippen molar-refractivity contribution < 1.29 is 19.1 Å². The van der Waals surface area contributed by atoms with Crippen LogP contribution >= 0.6 is 11.8 Å². The van der Waals surface area contributed by atoms with Crippen LogP contribution in [0.3, 0.4) is 0 Å². The molecule has 1 atom stereocenters. The molecule has 0 aliphatic carbocycles. The van der Waals surface area contributed by atoms with Gasteiger partial charge in [-0.2, -0.15) is 0 Å². The fourth-order valence-electron chi connectivity index (χ4n) is 3.94. The van der Waals surface area contributed by atoms with Gasteiger partial charge < -0.3 is 14.8 Å². The number of amides is 2. The second-order valence-corrected chi connectivity index (χ2v) is 9.65. The van der Waals surface area contributed by atoms with Crippen LogP contribution < -0.4 is 14.8 Å². The smallest absolute Gasteiger partial charge is 0.238 e. The Kier molecular flexibility index (Phi) is 9.21. The van der Waals surface area contributed by atoms with Crippen molar-refractivity contribution in [2.24, 2.45) is 4.99 Å². The van der Waals surface area contributed by atoms with Crippen molar-refractivity contribution in [2.75, 3.05) is 25.6 Å². The number of nitrogens with one attached hydrogen (secondary N) is 1. The van der Waals surface area contributed by atoms with Crippen LogP contribution in [-0.2, 0) is 16.0 Å². The van der Waals surface area contributed by atoms with Crippen molar-refractivity contribution in [3.05, 3.63) is 84.4 Å². The van der Waals surface area contributed by atoms with Crippen molar-refractivity contribution in [3.8, 4) is 11.5 Å². The number of carbonyl (C=O) groups excluding carboxylic acids is 2. The molecule has 1 fully saturated rings. The molecule has 0 spiro atoms. The third-order valence-electron chi connectivity index (χ3n) is 5.85. The highest BCUT2D eigenvalue weighted by molar-refractivity contribution is 8.15. The summed E-state index contributed by atoms with van der Waals surface area (Å²) in [6.45, 7) is 3.02. The molecule has 2 amide bonds. The van der Waals surface area contributed by atoms with Gasteiger partial charge in [-0.15, -0.1) is 0 Å². The van der Waals surface area contributed by atoms with Crippen LogP contribution in [0.2, 0.25) is 0 Å². The molecule has 1 N–H and O–H groups in total. The van der Waals surface area contributed by atoms with Gasteiger partial charge in [-0.1, -0.05) is 42.1 Å². The lowest BCUT2D eigenvalue weighted by Crippen LogP contribution is -2.45. The Morgan fingerprint density at radius 3 is 2.41 bits per heavy atom. The summed E-state index contributed by atoms with van der Waals surface area (Å²) in [4.78, 5) is 32.8. The lowest BCUT2D eigenvalue weighted by atomic mass is 10.1. The van der Waals surface area contributed by atoms with E-state index in [2.05, 4.69) is 17.4 Å². The number of hydrogen-bond acceptors (Lipinski definition) is 6. The summed E-state index contributed by atoms with van der Waals surface area (Å²) in [5.41, 5.74) is 2.57. The fraction of sp³-hybridized carbons (Fsp3) is 0.276. The Labute approximate surface area is 221 Å². The van der Waals surface area contributed by atoms with Gasteiger partial charge in [0, 0.05) is 18.7 Å². The van der Waals surface area contributed by atoms with E-state index in [1.165, 1.54) is 17.3 Å². The van der Waals surface area contributed by atoms with Crippen molar-refractivity contribution in [1.82, 2.24) is 4.90 Å². The molecule has 0 bridgehead atoms. The Balaban J connectivity index is 1.48. The van der Waals surface area contributed by atoms with Gasteiger partial charge in [-0.3, -0.25) is 14.5 Å². The summed E-state index contributed by atoms with van der Waals surface area (Å²) in [5.74, 6) is 1.13. The summed E-state index contributed by atoms with van der Waals surface area (Å²) in [7, 11) is 1.61. The van der Waals surface area contributed by atoms with Crippen LogP contribution in [0.1, 0.15) is 25.3 Å². The van der Waals surface area contributed by atoms with E-state index in [4.69, 9.17) is 14.5 Å². The molecule has 3 aromatic carbocycles. The summed E-state index contributed by atoms with van der Waals surface area (Å²) in [6, 6.07) is 24.7. The fourth-order valence-corrected chi connectivity index (χ4v) is 5.06. The van der Waals surface area contributed by atoms with Crippen molar-refractivity contribution >= 4 is 40.1 Å². The molecule has 1 unspecified atom stereocenters. The summed E-state index contributed by atoms with van der Waals surface area (Å²) >= 11 is 1.32. The molecule has 7 nitrogen and oxygen atoms in total. The highest BCUT2D eigenvalue weighted by Gasteiger charge is 2.35. The van der Waals surface area contributed by atoms with Gasteiger partial charge in [0.2, 0.25) is 11.8 Å². The third kappa shape index (κ3) is 7.36. The largest absolute Gasteiger partial charge is 0.497 e. The number of thioether (sulfide) groups is 1. The maximum absolute atomic E-state index is 13.2. The van der Waals surface area contributed by atoms with E-state index < -0.39 is 5.25 Å². The number of hydrogen-bond donors (Lipinski definition) is 1. The van der Waals surface area contributed by atoms with Crippen molar-refractivity contribution in [2.45, 2.75) is 31.4 Å². The van der Waals surface area contributed by atoms with E-state index in [1.54, 1.807) is 24.1 Å². The van der Waals surface area contributed by atoms with Gasteiger partial charge in [-0.25, -0.2) is 4.99 Å². The van der Waals surface area contributed by atoms with Gasteiger partial charge in [0.1, 0.15) is 16.7 Å². The van der Waals surface area contributed by atoms with E-state index in [1.807, 2.05) is 61.5 Å².